The summed E-state index contributed by atoms with van der Waals surface area (Å²) in [5.74, 6) is 0.576. The standard InChI is InChI=1S/C15H21NO2/c1-15(2,3)18-14(17)13-9-8-12(10-16-13)7-6-11-4-5-11/h8-11H,4-7H2,1-3H3. The van der Waals surface area contributed by atoms with Gasteiger partial charge in [-0.15, -0.1) is 0 Å². The van der Waals surface area contributed by atoms with Crippen LogP contribution in [0.3, 0.4) is 0 Å². The summed E-state index contributed by atoms with van der Waals surface area (Å²) >= 11 is 0. The van der Waals surface area contributed by atoms with E-state index in [4.69, 9.17) is 4.74 Å². The van der Waals surface area contributed by atoms with E-state index >= 15 is 0 Å². The summed E-state index contributed by atoms with van der Waals surface area (Å²) in [6.07, 6.45) is 6.86. The summed E-state index contributed by atoms with van der Waals surface area (Å²) in [6.45, 7) is 5.57. The fraction of sp³-hybridized carbons (Fsp3) is 0.600. The molecule has 0 unspecified atom stereocenters. The van der Waals surface area contributed by atoms with Crippen LogP contribution in [0.25, 0.3) is 0 Å². The van der Waals surface area contributed by atoms with Gasteiger partial charge in [-0.2, -0.15) is 0 Å². The van der Waals surface area contributed by atoms with Crippen molar-refractivity contribution >= 4 is 5.97 Å². The number of pyridine rings is 1. The number of hydrogen-bond acceptors (Lipinski definition) is 3. The predicted molar refractivity (Wildman–Crippen MR) is 70.5 cm³/mol. The molecular formula is C15H21NO2. The highest BCUT2D eigenvalue weighted by atomic mass is 16.6. The summed E-state index contributed by atoms with van der Waals surface area (Å²) in [6, 6.07) is 3.74. The minimum atomic E-state index is -0.469. The van der Waals surface area contributed by atoms with Crippen LogP contribution >= 0.6 is 0 Å². The molecule has 98 valence electrons. The van der Waals surface area contributed by atoms with E-state index in [0.29, 0.717) is 5.69 Å². The first-order valence-electron chi connectivity index (χ1n) is 6.62. The minimum Gasteiger partial charge on any atom is -0.455 e. The lowest BCUT2D eigenvalue weighted by Crippen LogP contribution is -2.24. The molecule has 0 amide bonds. The van der Waals surface area contributed by atoms with Gasteiger partial charge in [0, 0.05) is 6.20 Å². The maximum atomic E-state index is 11.8. The summed E-state index contributed by atoms with van der Waals surface area (Å²) < 4.78 is 5.27. The van der Waals surface area contributed by atoms with E-state index in [1.807, 2.05) is 26.8 Å². The third-order valence-corrected chi connectivity index (χ3v) is 2.97. The van der Waals surface area contributed by atoms with Crippen molar-refractivity contribution in [2.24, 2.45) is 5.92 Å². The molecule has 2 rings (SSSR count). The van der Waals surface area contributed by atoms with Crippen LogP contribution in [0.4, 0.5) is 0 Å². The Morgan fingerprint density at radius 2 is 2.11 bits per heavy atom. The second-order valence-corrected chi connectivity index (χ2v) is 6.04. The molecule has 0 radical (unpaired) electrons. The first-order valence-corrected chi connectivity index (χ1v) is 6.62. The summed E-state index contributed by atoms with van der Waals surface area (Å²) in [4.78, 5) is 15.9. The van der Waals surface area contributed by atoms with Gasteiger partial charge in [-0.3, -0.25) is 0 Å². The van der Waals surface area contributed by atoms with Gasteiger partial charge < -0.3 is 4.74 Å². The van der Waals surface area contributed by atoms with E-state index in [0.717, 1.165) is 12.3 Å². The van der Waals surface area contributed by atoms with Gasteiger partial charge in [-0.1, -0.05) is 18.9 Å². The molecule has 0 aliphatic heterocycles. The zero-order valence-electron chi connectivity index (χ0n) is 11.4. The lowest BCUT2D eigenvalue weighted by atomic mass is 10.1. The number of esters is 1. The molecular weight excluding hydrogens is 226 g/mol. The second-order valence-electron chi connectivity index (χ2n) is 6.04. The van der Waals surface area contributed by atoms with Crippen molar-refractivity contribution in [3.8, 4) is 0 Å². The van der Waals surface area contributed by atoms with Crippen molar-refractivity contribution < 1.29 is 9.53 Å². The lowest BCUT2D eigenvalue weighted by molar-refractivity contribution is 0.00628. The smallest absolute Gasteiger partial charge is 0.357 e. The molecule has 1 fully saturated rings. The number of carbonyl (C=O) groups is 1. The molecule has 0 atom stereocenters. The topological polar surface area (TPSA) is 39.2 Å². The van der Waals surface area contributed by atoms with Crippen LogP contribution in [0, 0.1) is 5.92 Å². The Hall–Kier alpha value is -1.38. The summed E-state index contributed by atoms with van der Waals surface area (Å²) in [5.41, 5.74) is 1.12. The number of rotatable bonds is 4. The molecule has 0 N–H and O–H groups in total. The van der Waals surface area contributed by atoms with Gasteiger partial charge >= 0.3 is 5.97 Å². The Labute approximate surface area is 109 Å². The van der Waals surface area contributed by atoms with Crippen LogP contribution in [0.1, 0.15) is 56.1 Å². The van der Waals surface area contributed by atoms with E-state index in [1.165, 1.54) is 24.8 Å². The van der Waals surface area contributed by atoms with Gasteiger partial charge in [-0.25, -0.2) is 9.78 Å². The average molecular weight is 247 g/mol. The maximum absolute atomic E-state index is 11.8. The molecule has 1 aromatic rings. The molecule has 1 saturated carbocycles. The highest BCUT2D eigenvalue weighted by molar-refractivity contribution is 5.87. The van der Waals surface area contributed by atoms with Crippen molar-refractivity contribution in [1.29, 1.82) is 0 Å². The van der Waals surface area contributed by atoms with Gasteiger partial charge in [0.2, 0.25) is 0 Å². The van der Waals surface area contributed by atoms with Crippen molar-refractivity contribution in [3.05, 3.63) is 29.6 Å². The van der Waals surface area contributed by atoms with Crippen LogP contribution in [-0.4, -0.2) is 16.6 Å². The fourth-order valence-corrected chi connectivity index (χ4v) is 1.80. The molecule has 0 bridgehead atoms. The number of aromatic nitrogens is 1. The predicted octanol–water partition coefficient (Wildman–Crippen LogP) is 3.38. The van der Waals surface area contributed by atoms with Gasteiger partial charge in [0.05, 0.1) is 0 Å². The Balaban J connectivity index is 1.91. The first kappa shape index (κ1) is 13.1. The Morgan fingerprint density at radius 3 is 2.61 bits per heavy atom. The molecule has 0 saturated heterocycles. The number of aryl methyl sites for hydroxylation is 1. The number of carbonyl (C=O) groups excluding carboxylic acids is 1. The van der Waals surface area contributed by atoms with Gasteiger partial charge in [0.25, 0.3) is 0 Å². The number of ether oxygens (including phenoxy) is 1. The highest BCUT2D eigenvalue weighted by Gasteiger charge is 2.21. The van der Waals surface area contributed by atoms with E-state index in [2.05, 4.69) is 4.98 Å². The monoisotopic (exact) mass is 247 g/mol. The zero-order valence-corrected chi connectivity index (χ0v) is 11.4. The van der Waals surface area contributed by atoms with E-state index in [1.54, 1.807) is 12.3 Å². The normalized spacial score (nSPS) is 15.5. The average Bonchev–Trinajstić information content (AvgIpc) is 3.08. The maximum Gasteiger partial charge on any atom is 0.357 e. The third kappa shape index (κ3) is 4.13. The quantitative estimate of drug-likeness (QED) is 0.766. The molecule has 1 aromatic heterocycles. The Bertz CT molecular complexity index is 413. The van der Waals surface area contributed by atoms with Crippen molar-refractivity contribution in [2.45, 2.75) is 52.1 Å². The molecule has 1 aliphatic rings. The zero-order chi connectivity index (χ0) is 13.2. The van der Waals surface area contributed by atoms with E-state index < -0.39 is 5.60 Å². The molecule has 3 nitrogen and oxygen atoms in total. The van der Waals surface area contributed by atoms with Crippen LogP contribution in [0.15, 0.2) is 18.3 Å². The van der Waals surface area contributed by atoms with Crippen molar-refractivity contribution in [3.63, 3.8) is 0 Å². The van der Waals surface area contributed by atoms with Crippen LogP contribution < -0.4 is 0 Å². The van der Waals surface area contributed by atoms with Crippen molar-refractivity contribution in [1.82, 2.24) is 4.98 Å². The first-order chi connectivity index (χ1) is 8.44. The Kier molecular flexibility index (Phi) is 3.69. The van der Waals surface area contributed by atoms with E-state index in [-0.39, 0.29) is 5.97 Å². The van der Waals surface area contributed by atoms with Gasteiger partial charge in [-0.05, 0) is 51.2 Å². The highest BCUT2D eigenvalue weighted by Crippen LogP contribution is 2.33. The molecule has 18 heavy (non-hydrogen) atoms. The van der Waals surface area contributed by atoms with Crippen LogP contribution in [-0.2, 0) is 11.2 Å². The lowest BCUT2D eigenvalue weighted by Gasteiger charge is -2.19. The number of nitrogens with zero attached hydrogens (tertiary/aromatic N) is 1. The molecule has 0 spiro atoms. The second kappa shape index (κ2) is 5.09. The SMILES string of the molecule is CC(C)(C)OC(=O)c1ccc(CCC2CC2)cn1. The van der Waals surface area contributed by atoms with E-state index in [9.17, 15) is 4.79 Å². The van der Waals surface area contributed by atoms with Gasteiger partial charge in [0.1, 0.15) is 11.3 Å². The van der Waals surface area contributed by atoms with Crippen LogP contribution in [0.5, 0.6) is 0 Å². The van der Waals surface area contributed by atoms with Crippen molar-refractivity contribution in [2.75, 3.05) is 0 Å². The Morgan fingerprint density at radius 1 is 1.39 bits per heavy atom. The largest absolute Gasteiger partial charge is 0.455 e. The number of hydrogen-bond donors (Lipinski definition) is 0. The third-order valence-electron chi connectivity index (χ3n) is 2.97. The van der Waals surface area contributed by atoms with Crippen LogP contribution in [0.2, 0.25) is 0 Å². The fourth-order valence-electron chi connectivity index (χ4n) is 1.80. The molecule has 1 aliphatic carbocycles. The molecule has 3 heteroatoms. The summed E-state index contributed by atoms with van der Waals surface area (Å²) in [7, 11) is 0. The minimum absolute atomic E-state index is 0.351. The summed E-state index contributed by atoms with van der Waals surface area (Å²) in [5, 5.41) is 0. The molecule has 1 heterocycles. The van der Waals surface area contributed by atoms with Gasteiger partial charge in [0.15, 0.2) is 0 Å². The molecule has 0 aromatic carbocycles.